The van der Waals surface area contributed by atoms with Crippen molar-refractivity contribution in [3.05, 3.63) is 94.0 Å². The van der Waals surface area contributed by atoms with Gasteiger partial charge in [-0.1, -0.05) is 53.7 Å². The van der Waals surface area contributed by atoms with E-state index in [-0.39, 0.29) is 12.1 Å². The fourth-order valence-electron chi connectivity index (χ4n) is 9.00. The minimum atomic E-state index is -2.08. The lowest BCUT2D eigenvalue weighted by atomic mass is 10.1. The van der Waals surface area contributed by atoms with Crippen molar-refractivity contribution in [3.8, 4) is 0 Å². The lowest BCUT2D eigenvalue weighted by molar-refractivity contribution is 0.190. The smallest absolute Gasteiger partial charge is 0.200 e. The van der Waals surface area contributed by atoms with E-state index >= 15 is 0 Å². The molecule has 0 bridgehead atoms. The molecule has 5 heterocycles. The molecular formula is C40H49BrN6OSi. The highest BCUT2D eigenvalue weighted by Crippen LogP contribution is 2.53. The first-order valence-corrected chi connectivity index (χ1v) is 21.3. The van der Waals surface area contributed by atoms with E-state index in [9.17, 15) is 0 Å². The van der Waals surface area contributed by atoms with Crippen molar-refractivity contribution in [3.63, 3.8) is 0 Å². The number of imidazole rings is 1. The monoisotopic (exact) mass is 736 g/mol. The van der Waals surface area contributed by atoms with E-state index in [1.54, 1.807) is 0 Å². The second kappa shape index (κ2) is 12.6. The number of hydrogen-bond donors (Lipinski definition) is 0. The molecule has 0 unspecified atom stereocenters. The molecule has 1 aliphatic heterocycles. The highest BCUT2D eigenvalue weighted by Gasteiger charge is 2.49. The summed E-state index contributed by atoms with van der Waals surface area (Å²) in [6, 6.07) is 15.6. The Labute approximate surface area is 300 Å². The summed E-state index contributed by atoms with van der Waals surface area (Å²) < 4.78 is 10.8. The molecule has 0 amide bonds. The predicted octanol–water partition coefficient (Wildman–Crippen LogP) is 10.4. The number of anilines is 1. The molecule has 9 heteroatoms. The van der Waals surface area contributed by atoms with Gasteiger partial charge in [-0.3, -0.25) is 4.98 Å². The molecule has 4 aromatic heterocycles. The standard InChI is InChI=1S/C40H49BrN6OSi/c1-23(2)49(24(3)4,25(5)6)48-31-18-38(37-22-46-20-29(27-8-9-27)16-34(41)40(46)45-37)47(21-31)30-12-10-28-11-13-35(44-36(28)17-30)32-19-33(32)39-42-15-14-26(7)43-39/h10-17,20,22-25,27,31-33,38H,8-9,18-19,21H2,1-7H3/t31-,32-,33-,38+/m0/s1. The van der Waals surface area contributed by atoms with Gasteiger partial charge >= 0.3 is 0 Å². The van der Waals surface area contributed by atoms with Gasteiger partial charge in [-0.05, 0) is 101 Å². The lowest BCUT2D eigenvalue weighted by Crippen LogP contribution is -2.50. The van der Waals surface area contributed by atoms with Crippen molar-refractivity contribution < 1.29 is 4.43 Å². The number of aryl methyl sites for hydroxylation is 1. The number of nitrogens with zero attached hydrogens (tertiary/aromatic N) is 6. The fraction of sp³-hybridized carbons (Fsp3) is 0.500. The zero-order valence-electron chi connectivity index (χ0n) is 29.9. The van der Waals surface area contributed by atoms with Crippen LogP contribution in [-0.4, -0.2) is 45.3 Å². The molecule has 3 aliphatic rings. The Hall–Kier alpha value is -3.14. The van der Waals surface area contributed by atoms with E-state index in [0.29, 0.717) is 34.4 Å². The van der Waals surface area contributed by atoms with Gasteiger partial charge in [-0.25, -0.2) is 15.0 Å². The van der Waals surface area contributed by atoms with E-state index in [1.807, 2.05) is 19.2 Å². The number of aromatic nitrogens is 5. The van der Waals surface area contributed by atoms with Crippen molar-refractivity contribution in [1.82, 2.24) is 24.3 Å². The third kappa shape index (κ3) is 6.03. The van der Waals surface area contributed by atoms with Crippen LogP contribution in [0, 0.1) is 6.92 Å². The van der Waals surface area contributed by atoms with Gasteiger partial charge in [0.25, 0.3) is 0 Å². The predicted molar refractivity (Wildman–Crippen MR) is 204 cm³/mol. The number of pyridine rings is 2. The first kappa shape index (κ1) is 33.0. The Bertz CT molecular complexity index is 2000. The normalized spacial score (nSPS) is 22.8. The maximum absolute atomic E-state index is 7.48. The summed E-state index contributed by atoms with van der Waals surface area (Å²) in [7, 11) is -2.08. The van der Waals surface area contributed by atoms with Crippen LogP contribution in [0.3, 0.4) is 0 Å². The second-order valence-corrected chi connectivity index (χ2v) is 22.1. The molecular weight excluding hydrogens is 688 g/mol. The van der Waals surface area contributed by atoms with Crippen molar-refractivity contribution in [2.45, 2.75) is 121 Å². The summed E-state index contributed by atoms with van der Waals surface area (Å²) >= 11 is 3.87. The SMILES string of the molecule is Cc1ccnc([C@H]2C[C@@H]2c2ccc3ccc(N4C[C@@H](O[Si](C(C)C)(C(C)C)C(C)C)C[C@@H]4c4cn5cc(C6CC6)cc(Br)c5n4)cc3n2)n1. The van der Waals surface area contributed by atoms with Crippen LogP contribution in [0.4, 0.5) is 5.69 Å². The zero-order chi connectivity index (χ0) is 34.2. The maximum atomic E-state index is 7.48. The lowest BCUT2D eigenvalue weighted by Gasteiger charge is -2.44. The molecule has 256 valence electrons. The summed E-state index contributed by atoms with van der Waals surface area (Å²) in [4.78, 5) is 22.4. The minimum absolute atomic E-state index is 0.103. The van der Waals surface area contributed by atoms with Crippen LogP contribution in [0.15, 0.2) is 65.5 Å². The Kier molecular flexibility index (Phi) is 8.47. The maximum Gasteiger partial charge on any atom is 0.200 e. The van der Waals surface area contributed by atoms with Gasteiger partial charge in [0.2, 0.25) is 8.32 Å². The van der Waals surface area contributed by atoms with Crippen LogP contribution in [0.2, 0.25) is 16.6 Å². The second-order valence-electron chi connectivity index (χ2n) is 15.9. The average Bonchev–Trinajstić information content (AvgIpc) is 3.99. The van der Waals surface area contributed by atoms with Gasteiger partial charge < -0.3 is 13.7 Å². The Morgan fingerprint density at radius 1 is 0.837 bits per heavy atom. The van der Waals surface area contributed by atoms with Gasteiger partial charge in [0, 0.05) is 65.9 Å². The van der Waals surface area contributed by atoms with Crippen LogP contribution in [0.1, 0.15) is 119 Å². The third-order valence-electron chi connectivity index (χ3n) is 11.6. The van der Waals surface area contributed by atoms with Crippen LogP contribution >= 0.6 is 15.9 Å². The zero-order valence-corrected chi connectivity index (χ0v) is 32.5. The molecule has 3 fully saturated rings. The summed E-state index contributed by atoms with van der Waals surface area (Å²) in [5.41, 5.74) is 9.47. The number of fused-ring (bicyclic) bond motifs is 2. The van der Waals surface area contributed by atoms with E-state index in [4.69, 9.17) is 19.4 Å². The number of halogens is 1. The molecule has 4 atom stereocenters. The minimum Gasteiger partial charge on any atom is -0.411 e. The molecule has 1 saturated heterocycles. The Balaban J connectivity index is 1.15. The Morgan fingerprint density at radius 3 is 2.31 bits per heavy atom. The highest BCUT2D eigenvalue weighted by atomic mass is 79.9. The van der Waals surface area contributed by atoms with Gasteiger partial charge in [0.15, 0.2) is 5.65 Å². The molecule has 0 radical (unpaired) electrons. The fourth-order valence-corrected chi connectivity index (χ4v) is 15.1. The van der Waals surface area contributed by atoms with Gasteiger partial charge in [-0.15, -0.1) is 0 Å². The van der Waals surface area contributed by atoms with Gasteiger partial charge in [0.05, 0.1) is 27.8 Å². The van der Waals surface area contributed by atoms with E-state index in [1.165, 1.54) is 24.1 Å². The molecule has 8 rings (SSSR count). The largest absolute Gasteiger partial charge is 0.411 e. The number of hydrogen-bond acceptors (Lipinski definition) is 6. The van der Waals surface area contributed by atoms with Crippen LogP contribution in [0.25, 0.3) is 16.6 Å². The average molecular weight is 738 g/mol. The molecule has 0 spiro atoms. The molecule has 2 saturated carbocycles. The first-order valence-electron chi connectivity index (χ1n) is 18.3. The van der Waals surface area contributed by atoms with Gasteiger partial charge in [0.1, 0.15) is 5.82 Å². The summed E-state index contributed by atoms with van der Waals surface area (Å²) in [5, 5.41) is 1.16. The highest BCUT2D eigenvalue weighted by molar-refractivity contribution is 9.10. The number of rotatable bonds is 10. The summed E-state index contributed by atoms with van der Waals surface area (Å²) in [5.74, 6) is 2.33. The molecule has 7 nitrogen and oxygen atoms in total. The molecule has 1 aromatic carbocycles. The van der Waals surface area contributed by atoms with Gasteiger partial charge in [-0.2, -0.15) is 0 Å². The number of benzene rings is 1. The van der Waals surface area contributed by atoms with Crippen molar-refractivity contribution in [2.75, 3.05) is 11.4 Å². The van der Waals surface area contributed by atoms with Crippen LogP contribution in [-0.2, 0) is 4.43 Å². The molecule has 0 N–H and O–H groups in total. The van der Waals surface area contributed by atoms with E-state index in [0.717, 1.165) is 63.3 Å². The first-order chi connectivity index (χ1) is 23.5. The van der Waals surface area contributed by atoms with E-state index < -0.39 is 8.32 Å². The Morgan fingerprint density at radius 2 is 1.59 bits per heavy atom. The van der Waals surface area contributed by atoms with Crippen molar-refractivity contribution in [2.24, 2.45) is 0 Å². The molecule has 2 aliphatic carbocycles. The van der Waals surface area contributed by atoms with E-state index in [2.05, 4.69) is 121 Å². The summed E-state index contributed by atoms with van der Waals surface area (Å²) in [6.45, 7) is 17.2. The quantitative estimate of drug-likeness (QED) is 0.133. The van der Waals surface area contributed by atoms with Crippen molar-refractivity contribution in [1.29, 1.82) is 0 Å². The third-order valence-corrected chi connectivity index (χ3v) is 18.4. The summed E-state index contributed by atoms with van der Waals surface area (Å²) in [6.07, 6.45) is 11.1. The molecule has 5 aromatic rings. The molecule has 49 heavy (non-hydrogen) atoms. The van der Waals surface area contributed by atoms with Crippen LogP contribution in [0.5, 0.6) is 0 Å². The van der Waals surface area contributed by atoms with Crippen LogP contribution < -0.4 is 4.90 Å². The van der Waals surface area contributed by atoms with Crippen molar-refractivity contribution >= 4 is 46.5 Å². The topological polar surface area (TPSA) is 68.4 Å².